The molecule has 0 aliphatic carbocycles. The van der Waals surface area contributed by atoms with Crippen LogP contribution in [-0.4, -0.2) is 51.9 Å². The normalized spacial score (nSPS) is 14.8. The zero-order valence-corrected chi connectivity index (χ0v) is 12.9. The van der Waals surface area contributed by atoms with E-state index in [-0.39, 0.29) is 0 Å². The molecule has 1 aliphatic heterocycles. The zero-order valence-electron chi connectivity index (χ0n) is 12.9. The molecule has 0 saturated carbocycles. The van der Waals surface area contributed by atoms with Crippen molar-refractivity contribution in [2.24, 2.45) is 0 Å². The van der Waals surface area contributed by atoms with Crippen LogP contribution in [0, 0.1) is 0 Å². The van der Waals surface area contributed by atoms with E-state index in [2.05, 4.69) is 25.1 Å². The Hall–Kier alpha value is -2.90. The molecule has 8 nitrogen and oxygen atoms in total. The Bertz CT molecular complexity index is 821. The summed E-state index contributed by atoms with van der Waals surface area (Å²) in [6.45, 7) is 1.57. The van der Waals surface area contributed by atoms with Crippen LogP contribution in [0.4, 0.5) is 5.95 Å². The fourth-order valence-electron chi connectivity index (χ4n) is 2.69. The van der Waals surface area contributed by atoms with Crippen molar-refractivity contribution in [3.05, 3.63) is 36.3 Å². The minimum Gasteiger partial charge on any atom is -0.481 e. The second-order valence-electron chi connectivity index (χ2n) is 5.34. The first-order valence-corrected chi connectivity index (χ1v) is 7.30. The monoisotopic (exact) mass is 312 g/mol. The molecule has 3 aromatic rings. The lowest BCUT2D eigenvalue weighted by atomic mass is 10.00. The molecule has 4 heterocycles. The molecule has 1 aliphatic rings. The molecule has 1 fully saturated rings. The summed E-state index contributed by atoms with van der Waals surface area (Å²) >= 11 is 0. The fraction of sp³-hybridized carbons (Fsp3) is 0.333. The summed E-state index contributed by atoms with van der Waals surface area (Å²) in [7, 11) is 3.15. The molecule has 0 N–H and O–H groups in total. The van der Waals surface area contributed by atoms with E-state index >= 15 is 0 Å². The molecule has 4 rings (SSSR count). The van der Waals surface area contributed by atoms with E-state index in [4.69, 9.17) is 9.47 Å². The number of methoxy groups -OCH3 is 2. The Balaban J connectivity index is 1.55. The van der Waals surface area contributed by atoms with Gasteiger partial charge in [0.1, 0.15) is 5.82 Å². The van der Waals surface area contributed by atoms with Gasteiger partial charge in [-0.05, 0) is 12.1 Å². The molecule has 0 aromatic carbocycles. The van der Waals surface area contributed by atoms with E-state index in [0.717, 1.165) is 24.6 Å². The van der Waals surface area contributed by atoms with Crippen molar-refractivity contribution in [1.82, 2.24) is 24.6 Å². The van der Waals surface area contributed by atoms with Gasteiger partial charge >= 0.3 is 0 Å². The van der Waals surface area contributed by atoms with Gasteiger partial charge in [0, 0.05) is 19.3 Å². The van der Waals surface area contributed by atoms with Crippen molar-refractivity contribution in [3.63, 3.8) is 0 Å². The number of anilines is 1. The van der Waals surface area contributed by atoms with E-state index in [1.165, 1.54) is 0 Å². The number of fused-ring (bicyclic) bond motifs is 1. The SMILES string of the molecule is COc1cc(OC)nc(N2CC(c3nnc4ccccn34)C2)n1. The highest BCUT2D eigenvalue weighted by Crippen LogP contribution is 2.30. The lowest BCUT2D eigenvalue weighted by Crippen LogP contribution is -2.46. The Morgan fingerprint density at radius 2 is 1.78 bits per heavy atom. The van der Waals surface area contributed by atoms with Crippen LogP contribution in [0.1, 0.15) is 11.7 Å². The van der Waals surface area contributed by atoms with Crippen LogP contribution in [0.2, 0.25) is 0 Å². The number of nitrogens with zero attached hydrogens (tertiary/aromatic N) is 6. The molecule has 0 spiro atoms. The fourth-order valence-corrected chi connectivity index (χ4v) is 2.69. The average Bonchev–Trinajstić information content (AvgIpc) is 2.97. The number of pyridine rings is 1. The second-order valence-corrected chi connectivity index (χ2v) is 5.34. The minimum atomic E-state index is 0.299. The van der Waals surface area contributed by atoms with Crippen LogP contribution in [-0.2, 0) is 0 Å². The van der Waals surface area contributed by atoms with Gasteiger partial charge in [-0.2, -0.15) is 9.97 Å². The van der Waals surface area contributed by atoms with Crippen molar-refractivity contribution in [2.45, 2.75) is 5.92 Å². The van der Waals surface area contributed by atoms with Gasteiger partial charge < -0.3 is 14.4 Å². The molecular formula is C15H16N6O2. The Morgan fingerprint density at radius 1 is 1.04 bits per heavy atom. The minimum absolute atomic E-state index is 0.299. The first kappa shape index (κ1) is 13.7. The molecule has 0 radical (unpaired) electrons. The van der Waals surface area contributed by atoms with Gasteiger partial charge in [-0.25, -0.2) is 0 Å². The van der Waals surface area contributed by atoms with Gasteiger partial charge in [-0.3, -0.25) is 4.40 Å². The molecule has 3 aromatic heterocycles. The predicted molar refractivity (Wildman–Crippen MR) is 83.1 cm³/mol. The predicted octanol–water partition coefficient (Wildman–Crippen LogP) is 1.14. The molecule has 0 amide bonds. The Labute approximate surface area is 132 Å². The number of hydrogen-bond acceptors (Lipinski definition) is 7. The molecular weight excluding hydrogens is 296 g/mol. The van der Waals surface area contributed by atoms with Gasteiger partial charge in [0.05, 0.1) is 26.2 Å². The summed E-state index contributed by atoms with van der Waals surface area (Å²) in [5, 5.41) is 8.51. The van der Waals surface area contributed by atoms with Gasteiger partial charge in [0.2, 0.25) is 17.7 Å². The highest BCUT2D eigenvalue weighted by Gasteiger charge is 2.33. The second kappa shape index (κ2) is 5.38. The molecule has 0 bridgehead atoms. The van der Waals surface area contributed by atoms with E-state index in [1.54, 1.807) is 20.3 Å². The van der Waals surface area contributed by atoms with Gasteiger partial charge in [0.25, 0.3) is 0 Å². The van der Waals surface area contributed by atoms with Crippen LogP contribution >= 0.6 is 0 Å². The molecule has 1 saturated heterocycles. The van der Waals surface area contributed by atoms with Crippen molar-refractivity contribution in [1.29, 1.82) is 0 Å². The van der Waals surface area contributed by atoms with Gasteiger partial charge in [0.15, 0.2) is 5.65 Å². The number of aromatic nitrogens is 5. The van der Waals surface area contributed by atoms with Crippen LogP contribution < -0.4 is 14.4 Å². The maximum absolute atomic E-state index is 5.19. The number of hydrogen-bond donors (Lipinski definition) is 0. The molecule has 0 unspecified atom stereocenters. The average molecular weight is 312 g/mol. The summed E-state index contributed by atoms with van der Waals surface area (Å²) in [6.07, 6.45) is 1.98. The standard InChI is InChI=1S/C15H16N6O2/c1-22-12-7-13(23-2)17-15(16-12)20-8-10(9-20)14-19-18-11-5-3-4-6-21(11)14/h3-7,10H,8-9H2,1-2H3. The van der Waals surface area contributed by atoms with E-state index in [9.17, 15) is 0 Å². The zero-order chi connectivity index (χ0) is 15.8. The Kier molecular flexibility index (Phi) is 3.22. The summed E-state index contributed by atoms with van der Waals surface area (Å²) in [6, 6.07) is 7.54. The lowest BCUT2D eigenvalue weighted by molar-refractivity contribution is 0.368. The Morgan fingerprint density at radius 3 is 2.48 bits per heavy atom. The van der Waals surface area contributed by atoms with Gasteiger partial charge in [-0.15, -0.1) is 10.2 Å². The quantitative estimate of drug-likeness (QED) is 0.715. The first-order valence-electron chi connectivity index (χ1n) is 7.30. The van der Waals surface area contributed by atoms with Crippen molar-refractivity contribution < 1.29 is 9.47 Å². The van der Waals surface area contributed by atoms with Crippen molar-refractivity contribution >= 4 is 11.6 Å². The van der Waals surface area contributed by atoms with Gasteiger partial charge in [-0.1, -0.05) is 6.07 Å². The maximum atomic E-state index is 5.19. The third-order valence-electron chi connectivity index (χ3n) is 3.96. The van der Waals surface area contributed by atoms with Crippen molar-refractivity contribution in [2.75, 3.05) is 32.2 Å². The molecule has 8 heteroatoms. The van der Waals surface area contributed by atoms with Crippen LogP contribution in [0.15, 0.2) is 30.5 Å². The van der Waals surface area contributed by atoms with Crippen LogP contribution in [0.3, 0.4) is 0 Å². The number of ether oxygens (including phenoxy) is 2. The molecule has 0 atom stereocenters. The topological polar surface area (TPSA) is 77.7 Å². The van der Waals surface area contributed by atoms with Crippen LogP contribution in [0.25, 0.3) is 5.65 Å². The highest BCUT2D eigenvalue weighted by molar-refractivity contribution is 5.43. The van der Waals surface area contributed by atoms with E-state index in [1.807, 2.05) is 28.8 Å². The summed E-state index contributed by atoms with van der Waals surface area (Å²) < 4.78 is 12.4. The lowest BCUT2D eigenvalue weighted by Gasteiger charge is -2.38. The van der Waals surface area contributed by atoms with E-state index in [0.29, 0.717) is 23.6 Å². The maximum Gasteiger partial charge on any atom is 0.232 e. The first-order chi connectivity index (χ1) is 11.3. The summed E-state index contributed by atoms with van der Waals surface area (Å²) in [5.74, 6) is 2.85. The smallest absolute Gasteiger partial charge is 0.232 e. The summed E-state index contributed by atoms with van der Waals surface area (Å²) in [4.78, 5) is 10.8. The summed E-state index contributed by atoms with van der Waals surface area (Å²) in [5.41, 5.74) is 0.861. The van der Waals surface area contributed by atoms with Crippen LogP contribution in [0.5, 0.6) is 11.8 Å². The third-order valence-corrected chi connectivity index (χ3v) is 3.96. The van der Waals surface area contributed by atoms with Crippen molar-refractivity contribution in [3.8, 4) is 11.8 Å². The molecule has 23 heavy (non-hydrogen) atoms. The van der Waals surface area contributed by atoms with E-state index < -0.39 is 0 Å². The number of rotatable bonds is 4. The largest absolute Gasteiger partial charge is 0.481 e. The molecule has 118 valence electrons. The highest BCUT2D eigenvalue weighted by atomic mass is 16.5. The third kappa shape index (κ3) is 2.32.